The molecule has 3 aromatic rings. The molecule has 2 unspecified atom stereocenters. The summed E-state index contributed by atoms with van der Waals surface area (Å²) in [6.07, 6.45) is 3.61. The molecule has 0 aliphatic heterocycles. The highest BCUT2D eigenvalue weighted by atomic mass is 35.5. The van der Waals surface area contributed by atoms with Gasteiger partial charge in [0.1, 0.15) is 5.82 Å². The van der Waals surface area contributed by atoms with E-state index in [4.69, 9.17) is 11.6 Å². The number of fused-ring (bicyclic) bond motifs is 2. The van der Waals surface area contributed by atoms with Crippen LogP contribution in [0.5, 0.6) is 0 Å². The van der Waals surface area contributed by atoms with Gasteiger partial charge in [0, 0.05) is 36.1 Å². The SMILES string of the molecule is O=C(Nc1ccc(F)c(F)c1)c1ccc(Cl)c(S(=O)(=O)[C@@H]2CC3CC[C@@H](C2)[C@@]3(O)C(O)Cc2ncc[nH]2)c1. The van der Waals surface area contributed by atoms with Crippen molar-refractivity contribution in [1.82, 2.24) is 9.97 Å². The minimum absolute atomic E-state index is 0.00417. The number of nitrogens with one attached hydrogen (secondary N) is 2. The van der Waals surface area contributed by atoms with Gasteiger partial charge in [0.2, 0.25) is 0 Å². The summed E-state index contributed by atoms with van der Waals surface area (Å²) in [7, 11) is -4.02. The van der Waals surface area contributed by atoms with Gasteiger partial charge in [-0.1, -0.05) is 11.6 Å². The molecular weight excluding hydrogens is 540 g/mol. The Kier molecular flexibility index (Phi) is 7.06. The van der Waals surface area contributed by atoms with Gasteiger partial charge in [0.25, 0.3) is 5.91 Å². The second kappa shape index (κ2) is 10.0. The third-order valence-electron chi connectivity index (χ3n) is 7.86. The molecule has 1 aromatic heterocycles. The largest absolute Gasteiger partial charge is 0.390 e. The van der Waals surface area contributed by atoms with E-state index in [1.807, 2.05) is 0 Å². The van der Waals surface area contributed by atoms with Crippen LogP contribution >= 0.6 is 11.6 Å². The molecule has 38 heavy (non-hydrogen) atoms. The first kappa shape index (κ1) is 26.7. The van der Waals surface area contributed by atoms with E-state index in [9.17, 15) is 32.2 Å². The Bertz CT molecular complexity index is 1450. The van der Waals surface area contributed by atoms with E-state index < -0.39 is 56.2 Å². The van der Waals surface area contributed by atoms with Gasteiger partial charge in [-0.3, -0.25) is 4.79 Å². The van der Waals surface area contributed by atoms with Crippen molar-refractivity contribution in [2.75, 3.05) is 5.32 Å². The maximum absolute atomic E-state index is 13.7. The van der Waals surface area contributed by atoms with Crippen molar-refractivity contribution >= 4 is 33.0 Å². The number of aliphatic hydroxyl groups excluding tert-OH is 1. The Balaban J connectivity index is 1.36. The predicted molar refractivity (Wildman–Crippen MR) is 135 cm³/mol. The smallest absolute Gasteiger partial charge is 0.255 e. The Morgan fingerprint density at radius 3 is 2.50 bits per heavy atom. The molecule has 1 amide bonds. The highest BCUT2D eigenvalue weighted by Gasteiger charge is 2.59. The van der Waals surface area contributed by atoms with E-state index in [-0.39, 0.29) is 40.4 Å². The van der Waals surface area contributed by atoms with Gasteiger partial charge in [0.05, 0.1) is 26.9 Å². The van der Waals surface area contributed by atoms with Gasteiger partial charge in [-0.25, -0.2) is 22.2 Å². The molecule has 0 radical (unpaired) electrons. The molecule has 2 aliphatic carbocycles. The molecule has 2 bridgehead atoms. The molecule has 2 saturated carbocycles. The van der Waals surface area contributed by atoms with Gasteiger partial charge >= 0.3 is 0 Å². The lowest BCUT2D eigenvalue weighted by molar-refractivity contribution is -0.141. The monoisotopic (exact) mass is 565 g/mol. The fourth-order valence-corrected chi connectivity index (χ4v) is 8.32. The number of hydrogen-bond acceptors (Lipinski definition) is 6. The number of aromatic nitrogens is 2. The van der Waals surface area contributed by atoms with E-state index in [2.05, 4.69) is 15.3 Å². The van der Waals surface area contributed by atoms with Gasteiger partial charge in [-0.2, -0.15) is 0 Å². The first-order valence-corrected chi connectivity index (χ1v) is 14.1. The van der Waals surface area contributed by atoms with Crippen LogP contribution in [0.25, 0.3) is 0 Å². The molecule has 5 atom stereocenters. The number of hydrogen-bond donors (Lipinski definition) is 4. The van der Waals surface area contributed by atoms with Crippen LogP contribution in [0.4, 0.5) is 14.5 Å². The molecule has 1 heterocycles. The van der Waals surface area contributed by atoms with E-state index in [0.29, 0.717) is 18.7 Å². The molecule has 5 rings (SSSR count). The molecule has 2 fully saturated rings. The van der Waals surface area contributed by atoms with E-state index in [1.54, 1.807) is 12.4 Å². The average molecular weight is 566 g/mol. The summed E-state index contributed by atoms with van der Waals surface area (Å²) in [5.74, 6) is -3.27. The van der Waals surface area contributed by atoms with Crippen molar-refractivity contribution in [2.45, 2.75) is 54.0 Å². The van der Waals surface area contributed by atoms with Crippen LogP contribution in [0.15, 0.2) is 53.7 Å². The van der Waals surface area contributed by atoms with Crippen LogP contribution in [-0.2, 0) is 16.3 Å². The number of aromatic amines is 1. The topological polar surface area (TPSA) is 132 Å². The number of rotatable bonds is 7. The number of halogens is 3. The molecule has 12 heteroatoms. The summed E-state index contributed by atoms with van der Waals surface area (Å²) >= 11 is 6.28. The second-order valence-corrected chi connectivity index (χ2v) is 12.6. The first-order chi connectivity index (χ1) is 18.0. The van der Waals surface area contributed by atoms with Crippen LogP contribution in [-0.4, -0.2) is 51.5 Å². The normalized spacial score (nSPS) is 25.8. The first-order valence-electron chi connectivity index (χ1n) is 12.2. The van der Waals surface area contributed by atoms with Crippen molar-refractivity contribution in [3.8, 4) is 0 Å². The maximum Gasteiger partial charge on any atom is 0.255 e. The molecule has 0 spiro atoms. The minimum atomic E-state index is -4.02. The van der Waals surface area contributed by atoms with Crippen molar-refractivity contribution < 1.29 is 32.2 Å². The van der Waals surface area contributed by atoms with Crippen LogP contribution in [0.2, 0.25) is 5.02 Å². The Morgan fingerprint density at radius 2 is 1.87 bits per heavy atom. The van der Waals surface area contributed by atoms with Gasteiger partial charge in [-0.05, 0) is 67.9 Å². The number of amides is 1. The molecule has 4 N–H and O–H groups in total. The van der Waals surface area contributed by atoms with Crippen molar-refractivity contribution in [2.24, 2.45) is 11.8 Å². The molecular formula is C26H26ClF2N3O5S. The average Bonchev–Trinajstić information content (AvgIpc) is 3.42. The van der Waals surface area contributed by atoms with Crippen LogP contribution < -0.4 is 5.32 Å². The number of imidazole rings is 1. The zero-order valence-electron chi connectivity index (χ0n) is 20.1. The minimum Gasteiger partial charge on any atom is -0.390 e. The zero-order chi connectivity index (χ0) is 27.2. The fraction of sp³-hybridized carbons (Fsp3) is 0.385. The van der Waals surface area contributed by atoms with Crippen LogP contribution in [0, 0.1) is 23.5 Å². The van der Waals surface area contributed by atoms with Crippen molar-refractivity contribution in [1.29, 1.82) is 0 Å². The number of nitrogens with zero attached hydrogens (tertiary/aromatic N) is 1. The molecule has 0 saturated heterocycles. The summed E-state index contributed by atoms with van der Waals surface area (Å²) < 4.78 is 54.1. The number of carbonyl (C=O) groups excluding carboxylic acids is 1. The highest BCUT2D eigenvalue weighted by molar-refractivity contribution is 7.92. The number of anilines is 1. The summed E-state index contributed by atoms with van der Waals surface area (Å²) in [6, 6.07) is 6.68. The van der Waals surface area contributed by atoms with E-state index >= 15 is 0 Å². The standard InChI is InChI=1S/C26H26ClF2N3O5S/c27-19-5-1-14(25(34)32-17-4-6-20(28)21(29)12-17)9-22(19)38(36,37)18-10-15-2-3-16(11-18)26(15,35)23(33)13-24-30-7-8-31-24/h1,4-9,12,15-16,18,23,33,35H,2-3,10-11,13H2,(H,30,31)(H,32,34)/t15-,16?,18-,23?,26-/m0/s1. The zero-order valence-corrected chi connectivity index (χ0v) is 21.6. The Labute approximate surface area is 223 Å². The molecule has 8 nitrogen and oxygen atoms in total. The number of benzene rings is 2. The van der Waals surface area contributed by atoms with E-state index in [1.165, 1.54) is 24.3 Å². The van der Waals surface area contributed by atoms with Crippen LogP contribution in [0.1, 0.15) is 41.9 Å². The van der Waals surface area contributed by atoms with Gasteiger partial charge in [0.15, 0.2) is 21.5 Å². The maximum atomic E-state index is 13.7. The molecule has 2 aromatic carbocycles. The lowest BCUT2D eigenvalue weighted by Gasteiger charge is -2.45. The summed E-state index contributed by atoms with van der Waals surface area (Å²) in [6.45, 7) is 0. The number of carbonyl (C=O) groups is 1. The van der Waals surface area contributed by atoms with Crippen molar-refractivity contribution in [3.05, 3.63) is 76.8 Å². The third kappa shape index (κ3) is 4.72. The Morgan fingerprint density at radius 1 is 1.16 bits per heavy atom. The lowest BCUT2D eigenvalue weighted by atomic mass is 9.70. The number of sulfone groups is 1. The van der Waals surface area contributed by atoms with E-state index in [0.717, 1.165) is 12.1 Å². The predicted octanol–water partition coefficient (Wildman–Crippen LogP) is 3.89. The fourth-order valence-electron chi connectivity index (χ4n) is 5.92. The highest BCUT2D eigenvalue weighted by Crippen LogP contribution is 2.53. The lowest BCUT2D eigenvalue weighted by Crippen LogP contribution is -2.56. The third-order valence-corrected chi connectivity index (χ3v) is 10.5. The summed E-state index contributed by atoms with van der Waals surface area (Å²) in [4.78, 5) is 19.5. The second-order valence-electron chi connectivity index (χ2n) is 9.98. The van der Waals surface area contributed by atoms with Crippen molar-refractivity contribution in [3.63, 3.8) is 0 Å². The Hall–Kier alpha value is -2.86. The molecule has 2 aliphatic rings. The summed E-state index contributed by atoms with van der Waals surface area (Å²) in [5, 5.41) is 23.9. The van der Waals surface area contributed by atoms with Crippen LogP contribution in [0.3, 0.4) is 0 Å². The summed E-state index contributed by atoms with van der Waals surface area (Å²) in [5.41, 5.74) is -1.46. The number of aliphatic hydroxyl groups is 2. The van der Waals surface area contributed by atoms with Gasteiger partial charge < -0.3 is 20.5 Å². The number of H-pyrrole nitrogens is 1. The van der Waals surface area contributed by atoms with Gasteiger partial charge in [-0.15, -0.1) is 0 Å². The quantitative estimate of drug-likeness (QED) is 0.344. The molecule has 202 valence electrons.